The zero-order valence-electron chi connectivity index (χ0n) is 15.5. The molecular formula is C22H24N2O2. The number of rotatable bonds is 4. The molecule has 4 nitrogen and oxygen atoms in total. The summed E-state index contributed by atoms with van der Waals surface area (Å²) in [5, 5.41) is 10.5. The number of aromatic amines is 1. The van der Waals surface area contributed by atoms with Gasteiger partial charge in [-0.3, -0.25) is 9.78 Å². The van der Waals surface area contributed by atoms with Gasteiger partial charge in [0.15, 0.2) is 0 Å². The second-order valence-electron chi connectivity index (χ2n) is 8.55. The molecule has 2 aromatic heterocycles. The predicted molar refractivity (Wildman–Crippen MR) is 103 cm³/mol. The van der Waals surface area contributed by atoms with E-state index in [2.05, 4.69) is 55.0 Å². The first-order chi connectivity index (χ1) is 12.3. The molecule has 1 aromatic carbocycles. The maximum Gasteiger partial charge on any atom is 0.309 e. The number of carboxylic acid groups (broad SMARTS) is 1. The molecular weight excluding hydrogens is 324 g/mol. The second kappa shape index (κ2) is 5.70. The average Bonchev–Trinajstić information content (AvgIpc) is 3.25. The highest BCUT2D eigenvalue weighted by Crippen LogP contribution is 2.48. The van der Waals surface area contributed by atoms with Gasteiger partial charge in [0.25, 0.3) is 0 Å². The molecule has 4 heteroatoms. The molecule has 134 valence electrons. The summed E-state index contributed by atoms with van der Waals surface area (Å²) in [6, 6.07) is 12.5. The fourth-order valence-electron chi connectivity index (χ4n) is 3.48. The Morgan fingerprint density at radius 2 is 1.96 bits per heavy atom. The highest BCUT2D eigenvalue weighted by molar-refractivity contribution is 5.86. The van der Waals surface area contributed by atoms with Crippen molar-refractivity contribution >= 4 is 16.9 Å². The number of H-pyrrole nitrogens is 1. The first-order valence-corrected chi connectivity index (χ1v) is 9.09. The molecule has 0 amide bonds. The molecule has 0 atom stereocenters. The van der Waals surface area contributed by atoms with Crippen LogP contribution in [0, 0.1) is 5.41 Å². The number of carbonyl (C=O) groups is 1. The third-order valence-corrected chi connectivity index (χ3v) is 5.44. The number of hydrogen-bond donors (Lipinski definition) is 2. The summed E-state index contributed by atoms with van der Waals surface area (Å²) in [5.74, 6) is -0.671. The summed E-state index contributed by atoms with van der Waals surface area (Å²) in [6.07, 6.45) is 4.03. The molecule has 1 aliphatic rings. The molecule has 1 saturated carbocycles. The molecule has 4 rings (SSSR count). The molecule has 1 fully saturated rings. The number of pyridine rings is 1. The maximum atomic E-state index is 11.4. The Balaban J connectivity index is 1.67. The number of aromatic nitrogens is 2. The zero-order valence-corrected chi connectivity index (χ0v) is 15.5. The van der Waals surface area contributed by atoms with Crippen molar-refractivity contribution in [3.8, 4) is 11.4 Å². The van der Waals surface area contributed by atoms with Gasteiger partial charge in [0.05, 0.1) is 16.8 Å². The summed E-state index contributed by atoms with van der Waals surface area (Å²) in [7, 11) is 0. The van der Waals surface area contributed by atoms with E-state index in [0.29, 0.717) is 6.42 Å². The molecule has 0 aliphatic heterocycles. The van der Waals surface area contributed by atoms with Crippen LogP contribution in [-0.4, -0.2) is 21.0 Å². The molecule has 2 N–H and O–H groups in total. The Morgan fingerprint density at radius 1 is 1.19 bits per heavy atom. The van der Waals surface area contributed by atoms with Crippen molar-refractivity contribution in [2.45, 2.75) is 45.4 Å². The van der Waals surface area contributed by atoms with Crippen molar-refractivity contribution in [3.63, 3.8) is 0 Å². The molecule has 1 aliphatic carbocycles. The molecule has 0 radical (unpaired) electrons. The molecule has 26 heavy (non-hydrogen) atoms. The van der Waals surface area contributed by atoms with Gasteiger partial charge in [-0.1, -0.05) is 26.8 Å². The van der Waals surface area contributed by atoms with Crippen LogP contribution in [-0.2, 0) is 16.6 Å². The van der Waals surface area contributed by atoms with Gasteiger partial charge in [0.2, 0.25) is 0 Å². The van der Waals surface area contributed by atoms with E-state index in [1.54, 1.807) is 0 Å². The summed E-state index contributed by atoms with van der Waals surface area (Å²) in [5.41, 5.74) is 4.84. The average molecular weight is 348 g/mol. The Kier molecular flexibility index (Phi) is 3.69. The van der Waals surface area contributed by atoms with Gasteiger partial charge in [-0.2, -0.15) is 0 Å². The summed E-state index contributed by atoms with van der Waals surface area (Å²) < 4.78 is 0. The SMILES string of the molecule is CC(C)(C)c1ccnc(-c2cc3cc(CC4(C(=O)O)CC4)ccc3[nH]2)c1. The van der Waals surface area contributed by atoms with Crippen molar-refractivity contribution < 1.29 is 9.90 Å². The molecule has 3 aromatic rings. The number of fused-ring (bicyclic) bond motifs is 1. The van der Waals surface area contributed by atoms with Gasteiger partial charge in [-0.15, -0.1) is 0 Å². The first kappa shape index (κ1) is 16.8. The van der Waals surface area contributed by atoms with E-state index in [9.17, 15) is 9.90 Å². The van der Waals surface area contributed by atoms with Gasteiger partial charge in [0.1, 0.15) is 0 Å². The topological polar surface area (TPSA) is 66.0 Å². The van der Waals surface area contributed by atoms with E-state index in [1.807, 2.05) is 18.3 Å². The quantitative estimate of drug-likeness (QED) is 0.702. The third-order valence-electron chi connectivity index (χ3n) is 5.44. The van der Waals surface area contributed by atoms with E-state index in [-0.39, 0.29) is 5.41 Å². The summed E-state index contributed by atoms with van der Waals surface area (Å²) in [4.78, 5) is 19.4. The smallest absolute Gasteiger partial charge is 0.309 e. The predicted octanol–water partition coefficient (Wildman–Crippen LogP) is 4.93. The Morgan fingerprint density at radius 3 is 2.62 bits per heavy atom. The van der Waals surface area contributed by atoms with E-state index >= 15 is 0 Å². The van der Waals surface area contributed by atoms with Crippen molar-refractivity contribution in [2.75, 3.05) is 0 Å². The van der Waals surface area contributed by atoms with Crippen LogP contribution in [0.3, 0.4) is 0 Å². The number of carboxylic acids is 1. The Bertz CT molecular complexity index is 991. The third kappa shape index (κ3) is 3.00. The lowest BCUT2D eigenvalue weighted by Crippen LogP contribution is -2.17. The van der Waals surface area contributed by atoms with E-state index < -0.39 is 11.4 Å². The first-order valence-electron chi connectivity index (χ1n) is 9.09. The van der Waals surface area contributed by atoms with Crippen LogP contribution in [0.2, 0.25) is 0 Å². The zero-order chi connectivity index (χ0) is 18.5. The van der Waals surface area contributed by atoms with Gasteiger partial charge in [0, 0.05) is 17.1 Å². The van der Waals surface area contributed by atoms with Crippen LogP contribution in [0.25, 0.3) is 22.3 Å². The van der Waals surface area contributed by atoms with Crippen LogP contribution < -0.4 is 0 Å². The van der Waals surface area contributed by atoms with Gasteiger partial charge >= 0.3 is 5.97 Å². The number of hydrogen-bond acceptors (Lipinski definition) is 2. The largest absolute Gasteiger partial charge is 0.481 e. The fraction of sp³-hybridized carbons (Fsp3) is 0.364. The summed E-state index contributed by atoms with van der Waals surface area (Å²) >= 11 is 0. The Hall–Kier alpha value is -2.62. The fourth-order valence-corrected chi connectivity index (χ4v) is 3.48. The highest BCUT2D eigenvalue weighted by atomic mass is 16.4. The van der Waals surface area contributed by atoms with Crippen molar-refractivity contribution in [3.05, 3.63) is 53.7 Å². The lowest BCUT2D eigenvalue weighted by atomic mass is 9.87. The van der Waals surface area contributed by atoms with Crippen LogP contribution in [0.5, 0.6) is 0 Å². The van der Waals surface area contributed by atoms with Gasteiger partial charge in [-0.25, -0.2) is 0 Å². The monoisotopic (exact) mass is 348 g/mol. The van der Waals surface area contributed by atoms with E-state index in [0.717, 1.165) is 40.7 Å². The number of nitrogens with one attached hydrogen (secondary N) is 1. The number of benzene rings is 1. The van der Waals surface area contributed by atoms with Crippen molar-refractivity contribution in [1.29, 1.82) is 0 Å². The minimum Gasteiger partial charge on any atom is -0.481 e. The van der Waals surface area contributed by atoms with Crippen molar-refractivity contribution in [2.24, 2.45) is 5.41 Å². The van der Waals surface area contributed by atoms with Crippen LogP contribution >= 0.6 is 0 Å². The number of aliphatic carboxylic acids is 1. The van der Waals surface area contributed by atoms with Crippen LogP contribution in [0.4, 0.5) is 0 Å². The molecule has 0 saturated heterocycles. The highest BCUT2D eigenvalue weighted by Gasteiger charge is 2.49. The molecule has 0 bridgehead atoms. The normalized spacial score (nSPS) is 16.0. The lowest BCUT2D eigenvalue weighted by molar-refractivity contribution is -0.143. The second-order valence-corrected chi connectivity index (χ2v) is 8.55. The van der Waals surface area contributed by atoms with Gasteiger partial charge < -0.3 is 10.1 Å². The Labute approximate surface area is 153 Å². The minimum absolute atomic E-state index is 0.0757. The molecule has 0 unspecified atom stereocenters. The molecule has 2 heterocycles. The van der Waals surface area contributed by atoms with Gasteiger partial charge in [-0.05, 0) is 66.1 Å². The van der Waals surface area contributed by atoms with Crippen LogP contribution in [0.15, 0.2) is 42.6 Å². The van der Waals surface area contributed by atoms with E-state index in [1.165, 1.54) is 5.56 Å². The van der Waals surface area contributed by atoms with E-state index in [4.69, 9.17) is 0 Å². The lowest BCUT2D eigenvalue weighted by Gasteiger charge is -2.19. The molecule has 0 spiro atoms. The number of nitrogens with zero attached hydrogens (tertiary/aromatic N) is 1. The maximum absolute atomic E-state index is 11.4. The van der Waals surface area contributed by atoms with Crippen molar-refractivity contribution in [1.82, 2.24) is 9.97 Å². The van der Waals surface area contributed by atoms with Crippen LogP contribution in [0.1, 0.15) is 44.7 Å². The standard InChI is InChI=1S/C22H24N2O2/c1-21(2,3)16-6-9-23-18(12-16)19-11-15-10-14(4-5-17(15)24-19)13-22(7-8-22)20(25)26/h4-6,9-12,24H,7-8,13H2,1-3H3,(H,25,26). The minimum atomic E-state index is -0.671. The summed E-state index contributed by atoms with van der Waals surface area (Å²) in [6.45, 7) is 6.58.